The summed E-state index contributed by atoms with van der Waals surface area (Å²) in [7, 11) is 1.66. The summed E-state index contributed by atoms with van der Waals surface area (Å²) in [4.78, 5) is 11.4. The Morgan fingerprint density at radius 3 is 3.13 bits per heavy atom. The Balaban J connectivity index is 2.24. The van der Waals surface area contributed by atoms with Crippen LogP contribution in [0.5, 0.6) is 0 Å². The molecule has 2 heterocycles. The number of ether oxygens (including phenoxy) is 2. The van der Waals surface area contributed by atoms with Crippen molar-refractivity contribution in [1.82, 2.24) is 5.32 Å². The molecule has 1 amide bonds. The molecule has 0 bridgehead atoms. The van der Waals surface area contributed by atoms with Crippen LogP contribution in [-0.2, 0) is 14.3 Å². The number of hydrogen-bond donors (Lipinski definition) is 2. The van der Waals surface area contributed by atoms with Crippen LogP contribution in [0.4, 0.5) is 0 Å². The van der Waals surface area contributed by atoms with Crippen LogP contribution < -0.4 is 11.1 Å². The van der Waals surface area contributed by atoms with E-state index in [2.05, 4.69) is 5.32 Å². The third-order valence-corrected chi connectivity index (χ3v) is 3.75. The molecule has 0 aliphatic carbocycles. The lowest BCUT2D eigenvalue weighted by atomic mass is 9.70. The van der Waals surface area contributed by atoms with Crippen molar-refractivity contribution in [3.8, 4) is 0 Å². The molecular formula is C10H18N2O3. The monoisotopic (exact) mass is 214 g/mol. The van der Waals surface area contributed by atoms with E-state index in [9.17, 15) is 4.79 Å². The van der Waals surface area contributed by atoms with Crippen molar-refractivity contribution in [2.75, 3.05) is 33.4 Å². The van der Waals surface area contributed by atoms with Crippen molar-refractivity contribution in [3.05, 3.63) is 0 Å². The Labute approximate surface area is 89.3 Å². The second-order valence-corrected chi connectivity index (χ2v) is 4.37. The lowest BCUT2D eigenvalue weighted by Gasteiger charge is -2.42. The summed E-state index contributed by atoms with van der Waals surface area (Å²) in [6, 6.07) is 0. The Morgan fingerprint density at radius 1 is 1.67 bits per heavy atom. The maximum absolute atomic E-state index is 11.4. The zero-order valence-corrected chi connectivity index (χ0v) is 8.99. The van der Waals surface area contributed by atoms with Crippen LogP contribution in [0.1, 0.15) is 6.42 Å². The molecule has 2 aliphatic rings. The van der Waals surface area contributed by atoms with Gasteiger partial charge in [0.2, 0.25) is 5.91 Å². The maximum Gasteiger partial charge on any atom is 0.222 e. The molecule has 5 heteroatoms. The van der Waals surface area contributed by atoms with E-state index in [1.165, 1.54) is 0 Å². The standard InChI is InChI=1S/C10H18N2O3/c1-14-8-5-15-3-2-10(8)6-12-4-7(10)9(11)13/h7-8,12H,2-6H2,1H3,(H2,11,13). The van der Waals surface area contributed by atoms with E-state index in [1.807, 2.05) is 0 Å². The number of methoxy groups -OCH3 is 1. The molecule has 2 saturated heterocycles. The van der Waals surface area contributed by atoms with Crippen LogP contribution in [0.25, 0.3) is 0 Å². The van der Waals surface area contributed by atoms with Crippen LogP contribution in [0.2, 0.25) is 0 Å². The molecule has 3 unspecified atom stereocenters. The topological polar surface area (TPSA) is 73.6 Å². The Bertz CT molecular complexity index is 259. The van der Waals surface area contributed by atoms with Gasteiger partial charge in [0, 0.05) is 32.2 Å². The number of nitrogens with two attached hydrogens (primary N) is 1. The number of nitrogens with one attached hydrogen (secondary N) is 1. The molecule has 3 N–H and O–H groups in total. The van der Waals surface area contributed by atoms with Crippen molar-refractivity contribution in [3.63, 3.8) is 0 Å². The fourth-order valence-electron chi connectivity index (χ4n) is 2.84. The molecule has 2 rings (SSSR count). The molecule has 0 aromatic carbocycles. The highest BCUT2D eigenvalue weighted by molar-refractivity contribution is 5.78. The average molecular weight is 214 g/mol. The molecule has 15 heavy (non-hydrogen) atoms. The zero-order valence-electron chi connectivity index (χ0n) is 8.99. The van der Waals surface area contributed by atoms with Gasteiger partial charge >= 0.3 is 0 Å². The van der Waals surface area contributed by atoms with Gasteiger partial charge in [0.25, 0.3) is 0 Å². The minimum absolute atomic E-state index is 0.0289. The zero-order chi connectivity index (χ0) is 10.9. The first-order valence-corrected chi connectivity index (χ1v) is 5.31. The van der Waals surface area contributed by atoms with E-state index in [0.29, 0.717) is 19.8 Å². The second-order valence-electron chi connectivity index (χ2n) is 4.37. The predicted octanol–water partition coefficient (Wildman–Crippen LogP) is -0.887. The summed E-state index contributed by atoms with van der Waals surface area (Å²) in [5.41, 5.74) is 5.29. The lowest BCUT2D eigenvalue weighted by Crippen LogP contribution is -2.52. The van der Waals surface area contributed by atoms with Gasteiger partial charge in [0.1, 0.15) is 0 Å². The summed E-state index contributed by atoms with van der Waals surface area (Å²) < 4.78 is 10.8. The first kappa shape index (κ1) is 10.9. The minimum atomic E-state index is -0.232. The van der Waals surface area contributed by atoms with E-state index in [4.69, 9.17) is 15.2 Å². The number of primary amides is 1. The SMILES string of the molecule is COC1COCCC12CNCC2C(N)=O. The Hall–Kier alpha value is -0.650. The Morgan fingerprint density at radius 2 is 2.47 bits per heavy atom. The van der Waals surface area contributed by atoms with E-state index in [0.717, 1.165) is 13.0 Å². The van der Waals surface area contributed by atoms with Gasteiger partial charge in [-0.05, 0) is 6.42 Å². The second kappa shape index (κ2) is 4.08. The molecule has 2 fully saturated rings. The molecule has 0 saturated carbocycles. The van der Waals surface area contributed by atoms with Crippen LogP contribution in [-0.4, -0.2) is 45.4 Å². The van der Waals surface area contributed by atoms with Gasteiger partial charge in [-0.1, -0.05) is 0 Å². The molecule has 0 aromatic rings. The van der Waals surface area contributed by atoms with E-state index in [-0.39, 0.29) is 23.3 Å². The molecule has 2 aliphatic heterocycles. The normalized spacial score (nSPS) is 40.9. The van der Waals surface area contributed by atoms with Crippen LogP contribution >= 0.6 is 0 Å². The molecule has 3 atom stereocenters. The van der Waals surface area contributed by atoms with Crippen molar-refractivity contribution in [2.24, 2.45) is 17.1 Å². The minimum Gasteiger partial charge on any atom is -0.379 e. The summed E-state index contributed by atoms with van der Waals surface area (Å²) in [5.74, 6) is -0.365. The van der Waals surface area contributed by atoms with Gasteiger partial charge in [-0.15, -0.1) is 0 Å². The maximum atomic E-state index is 11.4. The van der Waals surface area contributed by atoms with Crippen LogP contribution in [0.15, 0.2) is 0 Å². The van der Waals surface area contributed by atoms with Crippen molar-refractivity contribution < 1.29 is 14.3 Å². The fourth-order valence-corrected chi connectivity index (χ4v) is 2.84. The molecule has 1 spiro atoms. The van der Waals surface area contributed by atoms with Crippen molar-refractivity contribution >= 4 is 5.91 Å². The smallest absolute Gasteiger partial charge is 0.222 e. The van der Waals surface area contributed by atoms with E-state index < -0.39 is 0 Å². The number of amides is 1. The number of rotatable bonds is 2. The summed E-state index contributed by atoms with van der Waals surface area (Å²) in [6.07, 6.45) is 0.810. The highest BCUT2D eigenvalue weighted by Crippen LogP contribution is 2.42. The molecule has 0 aromatic heterocycles. The first-order valence-electron chi connectivity index (χ1n) is 5.31. The summed E-state index contributed by atoms with van der Waals surface area (Å²) >= 11 is 0. The quantitative estimate of drug-likeness (QED) is 0.625. The van der Waals surface area contributed by atoms with Crippen molar-refractivity contribution in [1.29, 1.82) is 0 Å². The predicted molar refractivity (Wildman–Crippen MR) is 54.2 cm³/mol. The average Bonchev–Trinajstić information content (AvgIpc) is 2.63. The number of carbonyl (C=O) groups excluding carboxylic acids is 1. The Kier molecular flexibility index (Phi) is 2.95. The van der Waals surface area contributed by atoms with Crippen LogP contribution in [0, 0.1) is 11.3 Å². The molecular weight excluding hydrogens is 196 g/mol. The lowest BCUT2D eigenvalue weighted by molar-refractivity contribution is -0.144. The van der Waals surface area contributed by atoms with E-state index in [1.54, 1.807) is 7.11 Å². The molecule has 0 radical (unpaired) electrons. The summed E-state index contributed by atoms with van der Waals surface area (Å²) in [6.45, 7) is 2.70. The van der Waals surface area contributed by atoms with Gasteiger partial charge in [-0.3, -0.25) is 4.79 Å². The largest absolute Gasteiger partial charge is 0.379 e. The van der Waals surface area contributed by atoms with Crippen molar-refractivity contribution in [2.45, 2.75) is 12.5 Å². The van der Waals surface area contributed by atoms with Gasteiger partial charge in [-0.2, -0.15) is 0 Å². The van der Waals surface area contributed by atoms with E-state index >= 15 is 0 Å². The molecule has 86 valence electrons. The fraction of sp³-hybridized carbons (Fsp3) is 0.900. The highest BCUT2D eigenvalue weighted by Gasteiger charge is 2.52. The molecule has 5 nitrogen and oxygen atoms in total. The third-order valence-electron chi connectivity index (χ3n) is 3.75. The number of carbonyl (C=O) groups is 1. The van der Waals surface area contributed by atoms with Crippen LogP contribution in [0.3, 0.4) is 0 Å². The van der Waals surface area contributed by atoms with Gasteiger partial charge in [0.15, 0.2) is 0 Å². The number of hydrogen-bond acceptors (Lipinski definition) is 4. The first-order chi connectivity index (χ1) is 7.20. The van der Waals surface area contributed by atoms with Gasteiger partial charge < -0.3 is 20.5 Å². The van der Waals surface area contributed by atoms with Gasteiger partial charge in [0.05, 0.1) is 18.6 Å². The third kappa shape index (κ3) is 1.64. The highest BCUT2D eigenvalue weighted by atomic mass is 16.5. The van der Waals surface area contributed by atoms with Gasteiger partial charge in [-0.25, -0.2) is 0 Å². The summed E-state index contributed by atoms with van der Waals surface area (Å²) in [5, 5.41) is 3.24.